The number of carbonyl (C=O) groups excluding carboxylic acids is 2. The molecule has 12 heteroatoms. The first-order valence-corrected chi connectivity index (χ1v) is 13.4. The zero-order chi connectivity index (χ0) is 25.3. The van der Waals surface area contributed by atoms with Crippen LogP contribution >= 0.6 is 22.9 Å². The lowest BCUT2D eigenvalue weighted by atomic mass is 10.1. The number of aliphatic hydroxyl groups is 1. The van der Waals surface area contributed by atoms with Gasteiger partial charge in [-0.25, -0.2) is 17.8 Å². The highest BCUT2D eigenvalue weighted by molar-refractivity contribution is 7.91. The van der Waals surface area contributed by atoms with Crippen LogP contribution in [0.5, 0.6) is 0 Å². The maximum atomic E-state index is 14.5. The van der Waals surface area contributed by atoms with Crippen LogP contribution in [0.15, 0.2) is 47.4 Å². The molecule has 1 aliphatic rings. The summed E-state index contributed by atoms with van der Waals surface area (Å²) in [6, 6.07) is 10.3. The number of rotatable bonds is 7. The lowest BCUT2D eigenvalue weighted by Crippen LogP contribution is -2.37. The number of hydrogen-bond donors (Lipinski definition) is 1. The normalized spacial score (nSPS) is 13.6. The topological polar surface area (TPSA) is 108 Å². The van der Waals surface area contributed by atoms with Crippen LogP contribution in [0.4, 0.5) is 15.2 Å². The van der Waals surface area contributed by atoms with Crippen LogP contribution in [0.3, 0.4) is 0 Å². The van der Waals surface area contributed by atoms with E-state index in [1.54, 1.807) is 29.2 Å². The molecule has 184 valence electrons. The van der Waals surface area contributed by atoms with E-state index in [9.17, 15) is 22.4 Å². The van der Waals surface area contributed by atoms with Crippen molar-refractivity contribution in [3.05, 3.63) is 69.4 Å². The number of aromatic nitrogens is 1. The molecule has 0 radical (unpaired) electrons. The number of thiazole rings is 1. The van der Waals surface area contributed by atoms with Gasteiger partial charge in [0.2, 0.25) is 5.91 Å². The Morgan fingerprint density at radius 2 is 2.03 bits per heavy atom. The van der Waals surface area contributed by atoms with Gasteiger partial charge >= 0.3 is 0 Å². The van der Waals surface area contributed by atoms with E-state index in [0.29, 0.717) is 39.4 Å². The lowest BCUT2D eigenvalue weighted by molar-refractivity contribution is -0.117. The molecule has 2 amide bonds. The Kier molecular flexibility index (Phi) is 7.22. The van der Waals surface area contributed by atoms with E-state index in [-0.39, 0.29) is 22.8 Å². The Labute approximate surface area is 210 Å². The molecule has 0 unspecified atom stereocenters. The summed E-state index contributed by atoms with van der Waals surface area (Å²) in [6.07, 6.45) is 0.163. The predicted octanol–water partition coefficient (Wildman–Crippen LogP) is 3.11. The molecule has 0 aliphatic carbocycles. The van der Waals surface area contributed by atoms with Crippen molar-refractivity contribution < 1.29 is 27.5 Å². The Balaban J connectivity index is 1.51. The molecule has 0 saturated heterocycles. The molecule has 8 nitrogen and oxygen atoms in total. The first-order chi connectivity index (χ1) is 16.6. The average Bonchev–Trinajstić information content (AvgIpc) is 3.26. The molecule has 0 fully saturated rings. The molecular formula is C23H21ClFN3O5S2. The Morgan fingerprint density at radius 1 is 1.29 bits per heavy atom. The third-order valence-electron chi connectivity index (χ3n) is 5.59. The first kappa shape index (κ1) is 25.2. The van der Waals surface area contributed by atoms with Crippen LogP contribution in [0, 0.1) is 5.82 Å². The van der Waals surface area contributed by atoms with Crippen LogP contribution in [0.1, 0.15) is 20.9 Å². The summed E-state index contributed by atoms with van der Waals surface area (Å²) < 4.78 is 38.6. The van der Waals surface area contributed by atoms with Crippen molar-refractivity contribution in [3.63, 3.8) is 0 Å². The molecule has 3 aromatic rings. The molecule has 1 aliphatic heterocycles. The number of amides is 2. The van der Waals surface area contributed by atoms with Crippen LogP contribution in [0.25, 0.3) is 0 Å². The summed E-state index contributed by atoms with van der Waals surface area (Å²) in [5.74, 6) is -2.09. The lowest BCUT2D eigenvalue weighted by Gasteiger charge is -2.26. The number of aliphatic hydroxyl groups excluding tert-OH is 1. The number of likely N-dealkylation sites (N-methyl/N-ethyl adjacent to an activating group) is 1. The van der Waals surface area contributed by atoms with Crippen molar-refractivity contribution in [3.8, 4) is 0 Å². The van der Waals surface area contributed by atoms with Crippen molar-refractivity contribution in [2.75, 3.05) is 35.8 Å². The minimum atomic E-state index is -3.81. The number of halogens is 2. The Bertz CT molecular complexity index is 1410. The SMILES string of the molecule is CN(C(=O)Cc1ccc(S(=O)(=O)CCO)cc1F)c1nc2c(s1)C(=O)N(c1ccccc1Cl)CC2. The maximum absolute atomic E-state index is 14.5. The molecule has 4 rings (SSSR count). The van der Waals surface area contributed by atoms with Crippen LogP contribution in [-0.4, -0.2) is 56.3 Å². The number of fused-ring (bicyclic) bond motifs is 1. The highest BCUT2D eigenvalue weighted by Gasteiger charge is 2.31. The molecule has 0 saturated carbocycles. The number of sulfone groups is 1. The predicted molar refractivity (Wildman–Crippen MR) is 132 cm³/mol. The second-order valence-corrected chi connectivity index (χ2v) is 11.3. The summed E-state index contributed by atoms with van der Waals surface area (Å²) in [6.45, 7) is -0.182. The second kappa shape index (κ2) is 10.0. The fourth-order valence-electron chi connectivity index (χ4n) is 3.65. The van der Waals surface area contributed by atoms with Crippen LogP contribution < -0.4 is 9.80 Å². The maximum Gasteiger partial charge on any atom is 0.270 e. The van der Waals surface area contributed by atoms with Crippen LogP contribution in [-0.2, 0) is 27.5 Å². The van der Waals surface area contributed by atoms with Gasteiger partial charge in [0.25, 0.3) is 5.91 Å². The van der Waals surface area contributed by atoms with Gasteiger partial charge in [-0.3, -0.25) is 14.5 Å². The van der Waals surface area contributed by atoms with Crippen molar-refractivity contribution in [2.24, 2.45) is 0 Å². The largest absolute Gasteiger partial charge is 0.395 e. The molecule has 1 aromatic heterocycles. The molecule has 2 aromatic carbocycles. The second-order valence-electron chi connectivity index (χ2n) is 7.86. The summed E-state index contributed by atoms with van der Waals surface area (Å²) in [5, 5.41) is 9.64. The summed E-state index contributed by atoms with van der Waals surface area (Å²) in [5.41, 5.74) is 1.21. The zero-order valence-electron chi connectivity index (χ0n) is 18.6. The third-order valence-corrected chi connectivity index (χ3v) is 8.76. The quantitative estimate of drug-likeness (QED) is 0.496. The number of para-hydroxylation sites is 1. The van der Waals surface area contributed by atoms with E-state index in [2.05, 4.69) is 4.98 Å². The van der Waals surface area contributed by atoms with Gasteiger partial charge in [0.05, 0.1) is 40.1 Å². The van der Waals surface area contributed by atoms with E-state index < -0.39 is 33.9 Å². The van der Waals surface area contributed by atoms with Crippen molar-refractivity contribution >= 4 is 55.4 Å². The van der Waals surface area contributed by atoms with Gasteiger partial charge in [-0.15, -0.1) is 0 Å². The molecule has 1 N–H and O–H groups in total. The van der Waals surface area contributed by atoms with E-state index >= 15 is 0 Å². The highest BCUT2D eigenvalue weighted by atomic mass is 35.5. The number of carbonyl (C=O) groups is 2. The Morgan fingerprint density at radius 3 is 2.71 bits per heavy atom. The van der Waals surface area contributed by atoms with Crippen molar-refractivity contribution in [2.45, 2.75) is 17.7 Å². The Hall–Kier alpha value is -2.86. The third kappa shape index (κ3) is 5.08. The molecule has 35 heavy (non-hydrogen) atoms. The van der Waals surface area contributed by atoms with E-state index in [0.717, 1.165) is 17.4 Å². The summed E-state index contributed by atoms with van der Waals surface area (Å²) in [4.78, 5) is 33.4. The average molecular weight is 538 g/mol. The van der Waals surface area contributed by atoms with Gasteiger partial charge in [0.15, 0.2) is 15.0 Å². The molecule has 0 atom stereocenters. The zero-order valence-corrected chi connectivity index (χ0v) is 21.0. The van der Waals surface area contributed by atoms with Crippen LogP contribution in [0.2, 0.25) is 5.02 Å². The standard InChI is InChI=1S/C23H21ClFN3O5S2/c1-27(20(30)12-14-6-7-15(13-17(14)25)35(32,33)11-10-29)23-26-18-8-9-28(22(31)21(18)34-23)19-5-3-2-4-16(19)24/h2-7,13,29H,8-12H2,1H3. The van der Waals surface area contributed by atoms with E-state index in [1.807, 2.05) is 0 Å². The molecule has 2 heterocycles. The number of hydrogen-bond acceptors (Lipinski definition) is 7. The minimum absolute atomic E-state index is 0.0205. The fraction of sp³-hybridized carbons (Fsp3) is 0.261. The monoisotopic (exact) mass is 537 g/mol. The number of anilines is 2. The van der Waals surface area contributed by atoms with Gasteiger partial charge in [0, 0.05) is 20.0 Å². The fourth-order valence-corrected chi connectivity index (χ4v) is 5.97. The molecule has 0 spiro atoms. The number of benzene rings is 2. The smallest absolute Gasteiger partial charge is 0.270 e. The van der Waals surface area contributed by atoms with E-state index in [1.165, 1.54) is 24.1 Å². The summed E-state index contributed by atoms with van der Waals surface area (Å²) in [7, 11) is -2.32. The van der Waals surface area contributed by atoms with Crippen molar-refractivity contribution in [1.29, 1.82) is 0 Å². The van der Waals surface area contributed by atoms with Crippen molar-refractivity contribution in [1.82, 2.24) is 4.98 Å². The van der Waals surface area contributed by atoms with Gasteiger partial charge in [-0.1, -0.05) is 41.1 Å². The highest BCUT2D eigenvalue weighted by Crippen LogP contribution is 2.35. The van der Waals surface area contributed by atoms with Gasteiger partial charge in [-0.2, -0.15) is 0 Å². The van der Waals surface area contributed by atoms with Gasteiger partial charge in [0.1, 0.15) is 10.7 Å². The van der Waals surface area contributed by atoms with E-state index in [4.69, 9.17) is 16.7 Å². The first-order valence-electron chi connectivity index (χ1n) is 10.6. The minimum Gasteiger partial charge on any atom is -0.395 e. The molecular weight excluding hydrogens is 517 g/mol. The molecule has 0 bridgehead atoms. The van der Waals surface area contributed by atoms with Gasteiger partial charge in [-0.05, 0) is 29.8 Å². The van der Waals surface area contributed by atoms with Gasteiger partial charge < -0.3 is 10.0 Å². The number of nitrogens with zero attached hydrogens (tertiary/aromatic N) is 3. The summed E-state index contributed by atoms with van der Waals surface area (Å²) >= 11 is 7.33.